The Morgan fingerprint density at radius 1 is 1.42 bits per heavy atom. The molecule has 0 aliphatic heterocycles. The predicted octanol–water partition coefficient (Wildman–Crippen LogP) is 2.58. The Morgan fingerprint density at radius 2 is 2.05 bits per heavy atom. The fraction of sp³-hybridized carbons (Fsp3) is 0.417. The number of hydrogen-bond donors (Lipinski definition) is 2. The molecule has 2 rings (SSSR count). The first-order valence-electron chi connectivity index (χ1n) is 5.72. The monoisotopic (exact) mass is 274 g/mol. The first-order valence-corrected chi connectivity index (χ1v) is 5.72. The van der Waals surface area contributed by atoms with Gasteiger partial charge in [0.15, 0.2) is 0 Å². The van der Waals surface area contributed by atoms with Gasteiger partial charge in [0.25, 0.3) is 0 Å². The zero-order valence-corrected chi connectivity index (χ0v) is 9.89. The van der Waals surface area contributed by atoms with Gasteiger partial charge in [-0.25, -0.2) is 9.86 Å². The summed E-state index contributed by atoms with van der Waals surface area (Å²) < 4.78 is 38.5. The van der Waals surface area contributed by atoms with Crippen LogP contribution in [0.4, 0.5) is 18.0 Å². The van der Waals surface area contributed by atoms with Gasteiger partial charge in [-0.1, -0.05) is 18.2 Å². The van der Waals surface area contributed by atoms with Crippen molar-refractivity contribution in [3.8, 4) is 0 Å². The number of amides is 2. The van der Waals surface area contributed by atoms with Gasteiger partial charge in [0.2, 0.25) is 0 Å². The largest absolute Gasteiger partial charge is 0.416 e. The molecule has 7 heteroatoms. The fourth-order valence-electron chi connectivity index (χ4n) is 2.22. The second-order valence-corrected chi connectivity index (χ2v) is 4.61. The number of halogens is 3. The van der Waals surface area contributed by atoms with E-state index in [2.05, 4.69) is 0 Å². The minimum Gasteiger partial charge on any atom is -0.350 e. The Balaban J connectivity index is 2.12. The van der Waals surface area contributed by atoms with E-state index in [1.54, 1.807) is 6.07 Å². The lowest BCUT2D eigenvalue weighted by atomic mass is 10.0. The lowest BCUT2D eigenvalue weighted by Gasteiger charge is -2.14. The quantitative estimate of drug-likeness (QED) is 0.657. The third kappa shape index (κ3) is 2.98. The molecule has 0 radical (unpaired) electrons. The summed E-state index contributed by atoms with van der Waals surface area (Å²) >= 11 is 0. The highest BCUT2D eigenvalue weighted by molar-refractivity contribution is 5.70. The molecule has 104 valence electrons. The maximum Gasteiger partial charge on any atom is 0.416 e. The number of primary amides is 1. The number of rotatable bonds is 3. The Morgan fingerprint density at radius 3 is 2.63 bits per heavy atom. The van der Waals surface area contributed by atoms with Crippen LogP contribution in [0.1, 0.15) is 23.5 Å². The number of nitrogens with zero attached hydrogens (tertiary/aromatic N) is 1. The van der Waals surface area contributed by atoms with E-state index in [0.29, 0.717) is 11.5 Å². The second-order valence-electron chi connectivity index (χ2n) is 4.61. The van der Waals surface area contributed by atoms with E-state index in [9.17, 15) is 18.0 Å². The Bertz CT molecular complexity index is 490. The van der Waals surface area contributed by atoms with Crippen LogP contribution in [0.3, 0.4) is 0 Å². The maximum atomic E-state index is 12.8. The van der Waals surface area contributed by atoms with Crippen molar-refractivity contribution in [2.45, 2.75) is 18.5 Å². The van der Waals surface area contributed by atoms with Gasteiger partial charge in [0, 0.05) is 0 Å². The molecule has 0 heterocycles. The Hall–Kier alpha value is -1.76. The molecular weight excluding hydrogens is 261 g/mol. The topological polar surface area (TPSA) is 66.6 Å². The van der Waals surface area contributed by atoms with Crippen LogP contribution in [-0.4, -0.2) is 22.8 Å². The molecule has 1 aromatic carbocycles. The van der Waals surface area contributed by atoms with Crippen molar-refractivity contribution in [2.75, 3.05) is 6.54 Å². The van der Waals surface area contributed by atoms with Gasteiger partial charge in [0.1, 0.15) is 0 Å². The number of hydrogen-bond acceptors (Lipinski definition) is 2. The van der Waals surface area contributed by atoms with Gasteiger partial charge in [-0.15, -0.1) is 0 Å². The number of hydroxylamine groups is 2. The van der Waals surface area contributed by atoms with Crippen LogP contribution in [0.25, 0.3) is 0 Å². The van der Waals surface area contributed by atoms with Gasteiger partial charge in [0.05, 0.1) is 12.1 Å². The predicted molar refractivity (Wildman–Crippen MR) is 60.4 cm³/mol. The average Bonchev–Trinajstić information content (AvgIpc) is 3.07. The van der Waals surface area contributed by atoms with Crippen LogP contribution in [0.15, 0.2) is 24.3 Å². The van der Waals surface area contributed by atoms with Crippen molar-refractivity contribution in [1.29, 1.82) is 0 Å². The van der Waals surface area contributed by atoms with Crippen LogP contribution in [0, 0.1) is 5.92 Å². The summed E-state index contributed by atoms with van der Waals surface area (Å²) in [7, 11) is 0. The summed E-state index contributed by atoms with van der Waals surface area (Å²) in [4.78, 5) is 10.7. The number of urea groups is 1. The van der Waals surface area contributed by atoms with Crippen LogP contribution in [-0.2, 0) is 6.18 Å². The molecule has 1 aliphatic carbocycles. The number of carbonyl (C=O) groups is 1. The van der Waals surface area contributed by atoms with E-state index < -0.39 is 17.8 Å². The number of carbonyl (C=O) groups excluding carboxylic acids is 1. The zero-order chi connectivity index (χ0) is 14.2. The van der Waals surface area contributed by atoms with E-state index in [4.69, 9.17) is 10.9 Å². The summed E-state index contributed by atoms with van der Waals surface area (Å²) in [5.41, 5.74) is 4.40. The molecule has 0 saturated heterocycles. The van der Waals surface area contributed by atoms with Crippen molar-refractivity contribution in [3.05, 3.63) is 35.4 Å². The Kier molecular flexibility index (Phi) is 3.40. The molecule has 1 aliphatic rings. The molecule has 1 saturated carbocycles. The smallest absolute Gasteiger partial charge is 0.350 e. The molecule has 0 unspecified atom stereocenters. The number of benzene rings is 1. The van der Waals surface area contributed by atoms with Crippen molar-refractivity contribution in [3.63, 3.8) is 0 Å². The molecule has 0 spiro atoms. The highest BCUT2D eigenvalue weighted by Crippen LogP contribution is 2.51. The third-order valence-corrected chi connectivity index (χ3v) is 3.25. The standard InChI is InChI=1S/C12H13F3N2O2/c13-12(14,15)10-4-2-1-3-8(10)9-5-7(9)6-17(19)11(16)18/h1-4,7,9,19H,5-6H2,(H2,16,18)/t7-,9+/m0/s1. The molecule has 0 aromatic heterocycles. The van der Waals surface area contributed by atoms with E-state index in [-0.39, 0.29) is 23.9 Å². The summed E-state index contributed by atoms with van der Waals surface area (Å²) in [6.07, 6.45) is -3.90. The summed E-state index contributed by atoms with van der Waals surface area (Å²) in [5, 5.41) is 9.50. The lowest BCUT2D eigenvalue weighted by Crippen LogP contribution is -2.34. The molecule has 2 atom stereocenters. The Labute approximate surface area is 107 Å². The summed E-state index contributed by atoms with van der Waals surface area (Å²) in [6, 6.07) is 4.35. The third-order valence-electron chi connectivity index (χ3n) is 3.25. The normalized spacial score (nSPS) is 22.1. The molecule has 0 bridgehead atoms. The van der Waals surface area contributed by atoms with E-state index in [0.717, 1.165) is 6.07 Å². The molecule has 3 N–H and O–H groups in total. The molecule has 2 amide bonds. The van der Waals surface area contributed by atoms with Crippen molar-refractivity contribution in [1.82, 2.24) is 5.06 Å². The fourth-order valence-corrected chi connectivity index (χ4v) is 2.22. The minimum absolute atomic E-state index is 0.0494. The highest BCUT2D eigenvalue weighted by atomic mass is 19.4. The average molecular weight is 274 g/mol. The van der Waals surface area contributed by atoms with E-state index in [1.165, 1.54) is 12.1 Å². The zero-order valence-electron chi connectivity index (χ0n) is 9.89. The van der Waals surface area contributed by atoms with Crippen molar-refractivity contribution < 1.29 is 23.2 Å². The lowest BCUT2D eigenvalue weighted by molar-refractivity contribution is -0.138. The van der Waals surface area contributed by atoms with Gasteiger partial charge in [-0.3, -0.25) is 5.21 Å². The van der Waals surface area contributed by atoms with Gasteiger partial charge >= 0.3 is 12.2 Å². The van der Waals surface area contributed by atoms with Crippen LogP contribution in [0.2, 0.25) is 0 Å². The maximum absolute atomic E-state index is 12.8. The van der Waals surface area contributed by atoms with Crippen LogP contribution in [0.5, 0.6) is 0 Å². The molecule has 1 aromatic rings. The molecule has 19 heavy (non-hydrogen) atoms. The van der Waals surface area contributed by atoms with Gasteiger partial charge < -0.3 is 5.73 Å². The van der Waals surface area contributed by atoms with Crippen LogP contribution < -0.4 is 5.73 Å². The first-order chi connectivity index (χ1) is 8.80. The number of alkyl halides is 3. The van der Waals surface area contributed by atoms with Gasteiger partial charge in [-0.2, -0.15) is 13.2 Å². The SMILES string of the molecule is NC(=O)N(O)C[C@@H]1C[C@H]1c1ccccc1C(F)(F)F. The number of nitrogens with two attached hydrogens (primary N) is 1. The summed E-state index contributed by atoms with van der Waals surface area (Å²) in [5.74, 6) is -0.493. The van der Waals surface area contributed by atoms with Crippen molar-refractivity contribution in [2.24, 2.45) is 11.7 Å². The van der Waals surface area contributed by atoms with Gasteiger partial charge in [-0.05, 0) is 29.9 Å². The van der Waals surface area contributed by atoms with Crippen LogP contribution >= 0.6 is 0 Å². The summed E-state index contributed by atoms with van der Waals surface area (Å²) in [6.45, 7) is -0.0494. The highest BCUT2D eigenvalue weighted by Gasteiger charge is 2.44. The van der Waals surface area contributed by atoms with E-state index >= 15 is 0 Å². The first kappa shape index (κ1) is 13.7. The minimum atomic E-state index is -4.40. The molecule has 4 nitrogen and oxygen atoms in total. The van der Waals surface area contributed by atoms with Crippen molar-refractivity contribution >= 4 is 6.03 Å². The molecule has 1 fully saturated rings. The second kappa shape index (κ2) is 4.73. The molecular formula is C12H13F3N2O2. The van der Waals surface area contributed by atoms with E-state index in [1.807, 2.05) is 0 Å².